The first-order valence-corrected chi connectivity index (χ1v) is 11.6. The predicted octanol–water partition coefficient (Wildman–Crippen LogP) is 4.42. The van der Waals surface area contributed by atoms with Gasteiger partial charge in [-0.2, -0.15) is 0 Å². The fraction of sp³-hybridized carbons (Fsp3) is 0.222. The summed E-state index contributed by atoms with van der Waals surface area (Å²) in [6, 6.07) is 16.2. The average Bonchev–Trinajstić information content (AvgIpc) is 2.57. The molecule has 0 saturated carbocycles. The van der Waals surface area contributed by atoms with Crippen LogP contribution in [0.1, 0.15) is 19.4 Å². The van der Waals surface area contributed by atoms with Gasteiger partial charge in [-0.3, -0.25) is 0 Å². The molecule has 2 rings (SSSR count). The minimum absolute atomic E-state index is 0.259. The fourth-order valence-corrected chi connectivity index (χ4v) is 7.22. The standard InChI is InChI=1S/C18H20FO3PTe/c1-3-21-23(20,22-4-2)14-18(15-8-6-5-7-9-15)24-17-12-10-16(19)11-13-17/h5-14H,3-4H2,1-2H3/b18-14-. The molecule has 0 aromatic heterocycles. The van der Waals surface area contributed by atoms with Gasteiger partial charge < -0.3 is 0 Å². The summed E-state index contributed by atoms with van der Waals surface area (Å²) in [4.78, 5) is 0. The maximum atomic E-state index is 13.1. The molecule has 0 amide bonds. The van der Waals surface area contributed by atoms with Gasteiger partial charge in [-0.05, 0) is 0 Å². The summed E-state index contributed by atoms with van der Waals surface area (Å²) in [6.07, 6.45) is 0. The van der Waals surface area contributed by atoms with Crippen molar-refractivity contribution in [1.82, 2.24) is 0 Å². The molecule has 2 aromatic rings. The van der Waals surface area contributed by atoms with E-state index in [2.05, 4.69) is 0 Å². The number of hydrogen-bond acceptors (Lipinski definition) is 3. The summed E-state index contributed by atoms with van der Waals surface area (Å²) in [5, 5.41) is 0. The SMILES string of the molecule is CCOP(=O)(/C=C(\[Te]c1ccc(F)cc1)c1ccccc1)OCC. The van der Waals surface area contributed by atoms with Gasteiger partial charge in [0.1, 0.15) is 0 Å². The van der Waals surface area contributed by atoms with Crippen LogP contribution in [0.5, 0.6) is 0 Å². The number of hydrogen-bond donors (Lipinski definition) is 0. The first-order valence-electron chi connectivity index (χ1n) is 7.67. The van der Waals surface area contributed by atoms with Crippen LogP contribution in [0, 0.1) is 5.82 Å². The van der Waals surface area contributed by atoms with Crippen LogP contribution in [0.25, 0.3) is 3.62 Å². The fourth-order valence-electron chi connectivity index (χ4n) is 2.01. The Bertz CT molecular complexity index is 707. The van der Waals surface area contributed by atoms with E-state index in [1.807, 2.05) is 30.3 Å². The molecule has 24 heavy (non-hydrogen) atoms. The summed E-state index contributed by atoms with van der Waals surface area (Å²) in [5.74, 6) is 1.38. The van der Waals surface area contributed by atoms with Crippen LogP contribution in [-0.4, -0.2) is 34.1 Å². The zero-order chi connectivity index (χ0) is 17.4. The molecule has 0 aliphatic heterocycles. The summed E-state index contributed by atoms with van der Waals surface area (Å²) in [7, 11) is -3.29. The van der Waals surface area contributed by atoms with Crippen LogP contribution in [0.2, 0.25) is 0 Å². The number of halogens is 1. The van der Waals surface area contributed by atoms with Crippen molar-refractivity contribution >= 4 is 35.8 Å². The summed E-state index contributed by atoms with van der Waals surface area (Å²) < 4.78 is 38.8. The molecule has 3 nitrogen and oxygen atoms in total. The molecule has 0 unspecified atom stereocenters. The monoisotopic (exact) mass is 464 g/mol. The second-order valence-corrected chi connectivity index (χ2v) is 9.83. The van der Waals surface area contributed by atoms with Gasteiger partial charge in [-0.25, -0.2) is 0 Å². The van der Waals surface area contributed by atoms with Crippen molar-refractivity contribution in [3.63, 3.8) is 0 Å². The van der Waals surface area contributed by atoms with Gasteiger partial charge in [0.25, 0.3) is 0 Å². The van der Waals surface area contributed by atoms with Crippen LogP contribution in [0.15, 0.2) is 60.4 Å². The van der Waals surface area contributed by atoms with E-state index in [9.17, 15) is 8.96 Å². The Morgan fingerprint density at radius 3 is 2.17 bits per heavy atom. The van der Waals surface area contributed by atoms with Crippen molar-refractivity contribution in [2.24, 2.45) is 0 Å². The van der Waals surface area contributed by atoms with Gasteiger partial charge >= 0.3 is 153 Å². The molecule has 0 atom stereocenters. The average molecular weight is 462 g/mol. The van der Waals surface area contributed by atoms with Crippen LogP contribution in [0.3, 0.4) is 0 Å². The van der Waals surface area contributed by atoms with E-state index in [-0.39, 0.29) is 5.82 Å². The molecule has 0 saturated heterocycles. The molecule has 2 aromatic carbocycles. The van der Waals surface area contributed by atoms with E-state index in [1.54, 1.807) is 31.8 Å². The first-order chi connectivity index (χ1) is 11.6. The van der Waals surface area contributed by atoms with Crippen molar-refractivity contribution in [2.75, 3.05) is 13.2 Å². The first kappa shape index (κ1) is 19.4. The predicted molar refractivity (Wildman–Crippen MR) is 97.1 cm³/mol. The Morgan fingerprint density at radius 2 is 1.62 bits per heavy atom. The third-order valence-corrected chi connectivity index (χ3v) is 8.43. The second kappa shape index (κ2) is 9.51. The van der Waals surface area contributed by atoms with Gasteiger partial charge in [-0.15, -0.1) is 0 Å². The Labute approximate surface area is 152 Å². The summed E-state index contributed by atoms with van der Waals surface area (Å²) in [5.41, 5.74) is 0.990. The minimum atomic E-state index is -3.29. The van der Waals surface area contributed by atoms with Crippen molar-refractivity contribution in [3.05, 3.63) is 71.8 Å². The van der Waals surface area contributed by atoms with Gasteiger partial charge in [0, 0.05) is 0 Å². The quantitative estimate of drug-likeness (QED) is 0.431. The molecule has 0 bridgehead atoms. The maximum absolute atomic E-state index is 13.1. The molecule has 0 spiro atoms. The molecular formula is C18H20FO3PTe. The van der Waals surface area contributed by atoms with Crippen LogP contribution in [-0.2, 0) is 13.6 Å². The second-order valence-electron chi connectivity index (χ2n) is 4.79. The third-order valence-electron chi connectivity index (χ3n) is 2.99. The molecule has 0 N–H and O–H groups in total. The van der Waals surface area contributed by atoms with E-state index >= 15 is 0 Å². The molecule has 0 heterocycles. The molecule has 128 valence electrons. The molecule has 0 aliphatic carbocycles. The number of rotatable bonds is 8. The third kappa shape index (κ3) is 5.84. The Balaban J connectivity index is 2.40. The van der Waals surface area contributed by atoms with Crippen molar-refractivity contribution in [1.29, 1.82) is 0 Å². The Hall–Kier alpha value is -0.950. The summed E-state index contributed by atoms with van der Waals surface area (Å²) in [6.45, 7) is 4.21. The van der Waals surface area contributed by atoms with Crippen LogP contribution < -0.4 is 3.61 Å². The van der Waals surface area contributed by atoms with E-state index in [0.29, 0.717) is 13.2 Å². The Morgan fingerprint density at radius 1 is 1.04 bits per heavy atom. The molecule has 0 aliphatic rings. The van der Waals surface area contributed by atoms with E-state index in [0.717, 1.165) is 12.8 Å². The van der Waals surface area contributed by atoms with Gasteiger partial charge in [-0.1, -0.05) is 0 Å². The van der Waals surface area contributed by atoms with Crippen molar-refractivity contribution in [3.8, 4) is 0 Å². The van der Waals surface area contributed by atoms with Crippen molar-refractivity contribution < 1.29 is 18.0 Å². The van der Waals surface area contributed by atoms with Gasteiger partial charge in [0.15, 0.2) is 0 Å². The van der Waals surface area contributed by atoms with Crippen LogP contribution >= 0.6 is 7.60 Å². The van der Waals surface area contributed by atoms with Crippen LogP contribution in [0.4, 0.5) is 4.39 Å². The van der Waals surface area contributed by atoms with Gasteiger partial charge in [0.2, 0.25) is 0 Å². The zero-order valence-electron chi connectivity index (χ0n) is 13.6. The van der Waals surface area contributed by atoms with Gasteiger partial charge in [0.05, 0.1) is 0 Å². The molecule has 0 fully saturated rings. The summed E-state index contributed by atoms with van der Waals surface area (Å²) >= 11 is -0.869. The zero-order valence-corrected chi connectivity index (χ0v) is 16.9. The molecule has 0 radical (unpaired) electrons. The van der Waals surface area contributed by atoms with E-state index in [4.69, 9.17) is 9.05 Å². The molecular weight excluding hydrogens is 442 g/mol. The van der Waals surface area contributed by atoms with E-state index in [1.165, 1.54) is 12.1 Å². The molecule has 6 heteroatoms. The number of benzene rings is 2. The normalized spacial score (nSPS) is 12.4. The Kier molecular flexibility index (Phi) is 7.68. The van der Waals surface area contributed by atoms with E-state index < -0.39 is 28.5 Å². The van der Waals surface area contributed by atoms with Crippen molar-refractivity contribution in [2.45, 2.75) is 13.8 Å². The topological polar surface area (TPSA) is 35.5 Å².